The number of hydrogen-bond acceptors (Lipinski definition) is 6. The molecule has 0 amide bonds. The Balaban J connectivity index is 1.92. The Bertz CT molecular complexity index is 967. The molecule has 146 valence electrons. The number of benzene rings is 2. The van der Waals surface area contributed by atoms with Crippen molar-refractivity contribution in [3.8, 4) is 22.8 Å². The average molecular weight is 398 g/mol. The summed E-state index contributed by atoms with van der Waals surface area (Å²) in [5, 5.41) is 13.0. The largest absolute Gasteiger partial charge is 0.493 e. The van der Waals surface area contributed by atoms with Gasteiger partial charge in [-0.2, -0.15) is 0 Å². The second-order valence-electron chi connectivity index (χ2n) is 6.12. The van der Waals surface area contributed by atoms with Crippen LogP contribution in [0.1, 0.15) is 28.6 Å². The van der Waals surface area contributed by atoms with Gasteiger partial charge in [0.05, 0.1) is 25.5 Å². The van der Waals surface area contributed by atoms with Crippen LogP contribution in [0.4, 0.5) is 10.8 Å². The van der Waals surface area contributed by atoms with Gasteiger partial charge in [-0.15, -0.1) is 11.3 Å². The van der Waals surface area contributed by atoms with Gasteiger partial charge in [-0.1, -0.05) is 13.3 Å². The van der Waals surface area contributed by atoms with Crippen LogP contribution in [0.15, 0.2) is 42.5 Å². The minimum Gasteiger partial charge on any atom is -0.493 e. The molecular formula is C21H22N2O4S. The number of ether oxygens (including phenoxy) is 2. The van der Waals surface area contributed by atoms with E-state index < -0.39 is 5.97 Å². The number of nitrogens with zero attached hydrogens (tertiary/aromatic N) is 1. The first-order valence-corrected chi connectivity index (χ1v) is 9.69. The number of nitrogens with one attached hydrogen (secondary N) is 1. The molecule has 0 aliphatic carbocycles. The molecular weight excluding hydrogens is 376 g/mol. The van der Waals surface area contributed by atoms with Crippen molar-refractivity contribution in [3.63, 3.8) is 0 Å². The Hall–Kier alpha value is -3.06. The third-order valence-corrected chi connectivity index (χ3v) is 5.25. The lowest BCUT2D eigenvalue weighted by Gasteiger charge is -2.09. The Labute approximate surface area is 167 Å². The van der Waals surface area contributed by atoms with Gasteiger partial charge >= 0.3 is 5.97 Å². The zero-order chi connectivity index (χ0) is 20.1. The number of hydrogen-bond donors (Lipinski definition) is 2. The van der Waals surface area contributed by atoms with E-state index in [-0.39, 0.29) is 5.56 Å². The van der Waals surface area contributed by atoms with E-state index in [4.69, 9.17) is 19.6 Å². The molecule has 0 atom stereocenters. The topological polar surface area (TPSA) is 80.7 Å². The third kappa shape index (κ3) is 4.26. The summed E-state index contributed by atoms with van der Waals surface area (Å²) in [5.41, 5.74) is 2.92. The minimum atomic E-state index is -0.943. The maximum atomic E-state index is 11.0. The maximum Gasteiger partial charge on any atom is 0.335 e. The fourth-order valence-corrected chi connectivity index (χ4v) is 3.94. The van der Waals surface area contributed by atoms with Crippen LogP contribution in [0.3, 0.4) is 0 Å². The average Bonchev–Trinajstić information content (AvgIpc) is 3.10. The highest BCUT2D eigenvalue weighted by Crippen LogP contribution is 2.37. The highest BCUT2D eigenvalue weighted by molar-refractivity contribution is 7.16. The highest BCUT2D eigenvalue weighted by atomic mass is 32.1. The number of aromatic nitrogens is 1. The van der Waals surface area contributed by atoms with E-state index in [2.05, 4.69) is 12.2 Å². The van der Waals surface area contributed by atoms with Crippen LogP contribution in [0.2, 0.25) is 0 Å². The molecule has 0 radical (unpaired) electrons. The molecule has 0 saturated carbocycles. The first kappa shape index (κ1) is 19.7. The Kier molecular flexibility index (Phi) is 6.16. The predicted molar refractivity (Wildman–Crippen MR) is 111 cm³/mol. The van der Waals surface area contributed by atoms with Crippen LogP contribution in [0.25, 0.3) is 11.3 Å². The van der Waals surface area contributed by atoms with Crippen LogP contribution >= 0.6 is 11.3 Å². The van der Waals surface area contributed by atoms with Gasteiger partial charge in [-0.05, 0) is 48.9 Å². The minimum absolute atomic E-state index is 0.252. The number of rotatable bonds is 8. The Morgan fingerprint density at radius 1 is 1.11 bits per heavy atom. The monoisotopic (exact) mass is 398 g/mol. The van der Waals surface area contributed by atoms with Crippen molar-refractivity contribution in [1.29, 1.82) is 0 Å². The van der Waals surface area contributed by atoms with Gasteiger partial charge < -0.3 is 19.9 Å². The molecule has 6 nitrogen and oxygen atoms in total. The fourth-order valence-electron chi connectivity index (χ4n) is 2.83. The lowest BCUT2D eigenvalue weighted by atomic mass is 10.1. The maximum absolute atomic E-state index is 11.0. The number of methoxy groups -OCH3 is 2. The number of aryl methyl sites for hydroxylation is 1. The van der Waals surface area contributed by atoms with Gasteiger partial charge in [-0.3, -0.25) is 0 Å². The van der Waals surface area contributed by atoms with Crippen LogP contribution < -0.4 is 14.8 Å². The van der Waals surface area contributed by atoms with Crippen molar-refractivity contribution in [2.45, 2.75) is 19.8 Å². The summed E-state index contributed by atoms with van der Waals surface area (Å²) in [6.07, 6.45) is 1.93. The SMILES string of the molecule is CCCc1sc(Nc2ccc(C(=O)O)cc2)nc1-c1ccc(OC)c(OC)c1. The molecule has 0 unspecified atom stereocenters. The summed E-state index contributed by atoms with van der Waals surface area (Å²) in [7, 11) is 3.23. The second kappa shape index (κ2) is 8.75. The van der Waals surface area contributed by atoms with Crippen LogP contribution in [0.5, 0.6) is 11.5 Å². The third-order valence-electron chi connectivity index (χ3n) is 4.21. The summed E-state index contributed by atoms with van der Waals surface area (Å²) in [6, 6.07) is 12.4. The first-order chi connectivity index (χ1) is 13.5. The number of anilines is 2. The number of thiazole rings is 1. The summed E-state index contributed by atoms with van der Waals surface area (Å²) < 4.78 is 10.7. The van der Waals surface area contributed by atoms with E-state index in [9.17, 15) is 4.79 Å². The van der Waals surface area contributed by atoms with Crippen molar-refractivity contribution in [1.82, 2.24) is 4.98 Å². The molecule has 3 aromatic rings. The van der Waals surface area contributed by atoms with Crippen LogP contribution in [-0.4, -0.2) is 30.3 Å². The zero-order valence-corrected chi connectivity index (χ0v) is 16.8. The molecule has 0 fully saturated rings. The summed E-state index contributed by atoms with van der Waals surface area (Å²) >= 11 is 1.60. The zero-order valence-electron chi connectivity index (χ0n) is 16.0. The molecule has 0 aliphatic rings. The van der Waals surface area contributed by atoms with Crippen LogP contribution in [-0.2, 0) is 6.42 Å². The fraction of sp³-hybridized carbons (Fsp3) is 0.238. The lowest BCUT2D eigenvalue weighted by Crippen LogP contribution is -1.96. The van der Waals surface area contributed by atoms with Crippen molar-refractivity contribution in [2.75, 3.05) is 19.5 Å². The van der Waals surface area contributed by atoms with Crippen LogP contribution in [0, 0.1) is 0 Å². The Morgan fingerprint density at radius 2 is 1.82 bits per heavy atom. The molecule has 0 aliphatic heterocycles. The molecule has 0 saturated heterocycles. The highest BCUT2D eigenvalue weighted by Gasteiger charge is 2.15. The van der Waals surface area contributed by atoms with Crippen molar-refractivity contribution in [2.24, 2.45) is 0 Å². The van der Waals surface area contributed by atoms with Gasteiger partial charge in [0.15, 0.2) is 16.6 Å². The van der Waals surface area contributed by atoms with Gasteiger partial charge in [0.2, 0.25) is 0 Å². The molecule has 1 aromatic heterocycles. The summed E-state index contributed by atoms with van der Waals surface area (Å²) in [6.45, 7) is 2.13. The molecule has 3 rings (SSSR count). The second-order valence-corrected chi connectivity index (χ2v) is 7.20. The predicted octanol–water partition coefficient (Wildman–Crippen LogP) is 5.22. The molecule has 1 heterocycles. The van der Waals surface area contributed by atoms with E-state index >= 15 is 0 Å². The van der Waals surface area contributed by atoms with E-state index in [0.717, 1.165) is 34.9 Å². The molecule has 2 aromatic carbocycles. The van der Waals surface area contributed by atoms with E-state index in [1.807, 2.05) is 18.2 Å². The first-order valence-electron chi connectivity index (χ1n) is 8.88. The van der Waals surface area contributed by atoms with E-state index in [0.29, 0.717) is 11.5 Å². The summed E-state index contributed by atoms with van der Waals surface area (Å²) in [5.74, 6) is 0.395. The van der Waals surface area contributed by atoms with Crippen molar-refractivity contribution < 1.29 is 19.4 Å². The number of aromatic carboxylic acids is 1. The molecule has 0 spiro atoms. The lowest BCUT2D eigenvalue weighted by molar-refractivity contribution is 0.0697. The van der Waals surface area contributed by atoms with Gasteiger partial charge in [-0.25, -0.2) is 9.78 Å². The molecule has 7 heteroatoms. The standard InChI is InChI=1S/C21H22N2O4S/c1-4-5-18-19(14-8-11-16(26-2)17(12-14)27-3)23-21(28-18)22-15-9-6-13(7-10-15)20(24)25/h6-12H,4-5H2,1-3H3,(H,22,23)(H,24,25). The van der Waals surface area contributed by atoms with Gasteiger partial charge in [0.25, 0.3) is 0 Å². The van der Waals surface area contributed by atoms with Gasteiger partial charge in [0.1, 0.15) is 0 Å². The van der Waals surface area contributed by atoms with Crippen molar-refractivity contribution >= 4 is 28.1 Å². The normalized spacial score (nSPS) is 10.5. The number of carboxylic acid groups (broad SMARTS) is 1. The molecule has 2 N–H and O–H groups in total. The number of carbonyl (C=O) groups is 1. The van der Waals surface area contributed by atoms with E-state index in [1.165, 1.54) is 4.88 Å². The molecule has 28 heavy (non-hydrogen) atoms. The van der Waals surface area contributed by atoms with E-state index in [1.54, 1.807) is 49.8 Å². The molecule has 0 bridgehead atoms. The number of carboxylic acids is 1. The quantitative estimate of drug-likeness (QED) is 0.541. The van der Waals surface area contributed by atoms with Crippen molar-refractivity contribution in [3.05, 3.63) is 52.9 Å². The smallest absolute Gasteiger partial charge is 0.335 e. The Morgan fingerprint density at radius 3 is 2.43 bits per heavy atom. The summed E-state index contributed by atoms with van der Waals surface area (Å²) in [4.78, 5) is 17.0. The van der Waals surface area contributed by atoms with Gasteiger partial charge in [0, 0.05) is 16.1 Å².